The molecule has 2 aliphatic heterocycles. The van der Waals surface area contributed by atoms with Crippen molar-refractivity contribution in [3.63, 3.8) is 0 Å². The molecule has 1 aromatic carbocycles. The zero-order chi connectivity index (χ0) is 59.6. The monoisotopic (exact) mass is 1140 g/mol. The van der Waals surface area contributed by atoms with Crippen LogP contribution in [0, 0.1) is 35.5 Å². The van der Waals surface area contributed by atoms with E-state index in [1.165, 1.54) is 5.06 Å². The van der Waals surface area contributed by atoms with Crippen LogP contribution >= 0.6 is 0 Å². The summed E-state index contributed by atoms with van der Waals surface area (Å²) in [6, 6.07) is 6.59. The molecule has 0 radical (unpaired) electrons. The number of rotatable bonds is 41. The van der Waals surface area contributed by atoms with Gasteiger partial charge >= 0.3 is 0 Å². The van der Waals surface area contributed by atoms with Gasteiger partial charge in [-0.2, -0.15) is 0 Å². The lowest BCUT2D eigenvalue weighted by Crippen LogP contribution is -2.54. The first-order valence-corrected chi connectivity index (χ1v) is 30.2. The molecule has 1 aromatic heterocycles. The Labute approximate surface area is 483 Å². The fourth-order valence-electron chi connectivity index (χ4n) is 11.9. The first-order chi connectivity index (χ1) is 38.7. The molecular formula is C62H102N6O13. The van der Waals surface area contributed by atoms with Crippen LogP contribution in [0.5, 0.6) is 0 Å². The van der Waals surface area contributed by atoms with Crippen LogP contribution in [0.25, 0.3) is 10.9 Å². The smallest absolute Gasteiger partial charge is 0.250 e. The number of aromatic amines is 1. The second-order valence-electron chi connectivity index (χ2n) is 23.3. The van der Waals surface area contributed by atoms with E-state index in [0.29, 0.717) is 111 Å². The van der Waals surface area contributed by atoms with E-state index >= 15 is 0 Å². The molecule has 4 amide bonds. The molecule has 3 heterocycles. The minimum absolute atomic E-state index is 0.00308. The largest absolute Gasteiger partial charge is 0.379 e. The lowest BCUT2D eigenvalue weighted by Gasteiger charge is -2.41. The Balaban J connectivity index is 1.32. The van der Waals surface area contributed by atoms with Crippen molar-refractivity contribution >= 4 is 51.9 Å². The molecule has 9 atom stereocenters. The third kappa shape index (κ3) is 21.5. The highest BCUT2D eigenvalue weighted by Crippen LogP contribution is 2.33. The summed E-state index contributed by atoms with van der Waals surface area (Å²) in [5.41, 5.74) is 7.07. The van der Waals surface area contributed by atoms with Gasteiger partial charge in [-0.3, -0.25) is 43.3 Å². The second-order valence-corrected chi connectivity index (χ2v) is 23.3. The number of Topliss-reactive ketones (excluding diaryl/α,β-unsaturated/α-hetero) is 3. The van der Waals surface area contributed by atoms with Crippen LogP contribution < -0.4 is 5.73 Å². The molecule has 19 nitrogen and oxygen atoms in total. The highest BCUT2D eigenvalue weighted by atomic mass is 16.7. The van der Waals surface area contributed by atoms with Crippen LogP contribution in [-0.2, 0) is 68.5 Å². The molecule has 2 saturated heterocycles. The number of nitrogens with two attached hydrogens (primary N) is 1. The third-order valence-electron chi connectivity index (χ3n) is 16.8. The van der Waals surface area contributed by atoms with E-state index in [1.807, 2.05) is 81.9 Å². The number of primary amides is 1. The lowest BCUT2D eigenvalue weighted by molar-refractivity contribution is -0.201. The van der Waals surface area contributed by atoms with Crippen LogP contribution in [-0.4, -0.2) is 190 Å². The van der Waals surface area contributed by atoms with E-state index in [4.69, 9.17) is 34.3 Å². The maximum atomic E-state index is 14.8. The Morgan fingerprint density at radius 2 is 1.44 bits per heavy atom. The SMILES string of the molecule is CC[C@H](C)[C@@H]([C@@H](CC(=O)N1CCC[C@H]1[C@H](OC)[C@@H](C)C(=O)C[C@@H](Cc1c[nH]c2ccccc12)C(=O)N1CCCCO1)OC)N(C)C(=O)[C@@H](CC(=O)[C@H](C(C)C)N(C)CCOCCOCCOCCC(=O)CCCCCC(N)=O)C(C)C. The summed E-state index contributed by atoms with van der Waals surface area (Å²) < 4.78 is 29.4. The summed E-state index contributed by atoms with van der Waals surface area (Å²) in [5.74, 6) is -3.02. The lowest BCUT2D eigenvalue weighted by atomic mass is 9.83. The van der Waals surface area contributed by atoms with Crippen molar-refractivity contribution < 1.29 is 62.1 Å². The zero-order valence-electron chi connectivity index (χ0n) is 51.1. The molecule has 0 spiro atoms. The van der Waals surface area contributed by atoms with Gasteiger partial charge in [-0.1, -0.05) is 79.5 Å². The Morgan fingerprint density at radius 3 is 2.07 bits per heavy atom. The zero-order valence-corrected chi connectivity index (χ0v) is 51.1. The average molecular weight is 1140 g/mol. The van der Waals surface area contributed by atoms with E-state index in [0.717, 1.165) is 48.6 Å². The number of H-pyrrole nitrogens is 1. The molecular weight excluding hydrogens is 1040 g/mol. The minimum atomic E-state index is -0.668. The molecule has 0 aliphatic carbocycles. The van der Waals surface area contributed by atoms with Gasteiger partial charge in [0, 0.05) is 102 Å². The number of fused-ring (bicyclic) bond motifs is 1. The predicted octanol–water partition coefficient (Wildman–Crippen LogP) is 7.39. The van der Waals surface area contributed by atoms with Crippen LogP contribution in [0.3, 0.4) is 0 Å². The molecule has 0 unspecified atom stereocenters. The van der Waals surface area contributed by atoms with Crippen LogP contribution in [0.15, 0.2) is 30.5 Å². The number of para-hydroxylation sites is 1. The molecule has 2 aliphatic rings. The molecule has 458 valence electrons. The average Bonchev–Trinajstić information content (AvgIpc) is 4.21. The quantitative estimate of drug-likeness (QED) is 0.0619. The molecule has 2 fully saturated rings. The third-order valence-corrected chi connectivity index (χ3v) is 16.8. The summed E-state index contributed by atoms with van der Waals surface area (Å²) in [7, 11) is 6.82. The Bertz CT molecular complexity index is 2250. The first kappa shape index (κ1) is 68.9. The van der Waals surface area contributed by atoms with Crippen molar-refractivity contribution in [3.05, 3.63) is 36.0 Å². The standard InChI is InChI=1S/C62H102N6O13/c1-12-44(6)59(66(9)62(75)50(42(2)3)39-54(71)58(43(4)5)65(8)29-32-79-34-36-80-35-33-78-31-26-48(69)21-14-13-15-25-56(63)72)55(76-10)40-57(73)67-27-20-24-52(67)60(77-11)45(7)53(70)38-46(61(74)68-28-18-19-30-81-68)37-47-41-64-51-23-17-16-22-49(47)51/h16-17,22-23,41-46,50,52,55,58-60,64H,12-15,18-21,24-40H2,1-11H3,(H2,63,72)/t44-,45-,46+,50-,52-,55+,58-,59-,60+/m0/s1. The van der Waals surface area contributed by atoms with Crippen molar-refractivity contribution in [1.82, 2.24) is 24.7 Å². The highest BCUT2D eigenvalue weighted by Gasteiger charge is 2.44. The number of nitrogens with zero attached hydrogens (tertiary/aromatic N) is 4. The van der Waals surface area contributed by atoms with E-state index in [-0.39, 0.29) is 78.0 Å². The van der Waals surface area contributed by atoms with Crippen molar-refractivity contribution in [2.75, 3.05) is 94.2 Å². The van der Waals surface area contributed by atoms with E-state index in [2.05, 4.69) is 18.8 Å². The predicted molar refractivity (Wildman–Crippen MR) is 312 cm³/mol. The van der Waals surface area contributed by atoms with Crippen LogP contribution in [0.4, 0.5) is 0 Å². The first-order valence-electron chi connectivity index (χ1n) is 30.2. The number of ether oxygens (including phenoxy) is 5. The number of benzene rings is 1. The number of likely N-dealkylation sites (tertiary alicyclic amines) is 1. The summed E-state index contributed by atoms with van der Waals surface area (Å²) >= 11 is 0. The van der Waals surface area contributed by atoms with Crippen LogP contribution in [0.2, 0.25) is 0 Å². The number of carbonyl (C=O) groups excluding carboxylic acids is 7. The number of hydroxylamine groups is 2. The van der Waals surface area contributed by atoms with Gasteiger partial charge in [-0.05, 0) is 81.4 Å². The fraction of sp³-hybridized carbons (Fsp3) is 0.758. The maximum absolute atomic E-state index is 14.8. The molecule has 4 rings (SSSR count). The Kier molecular flexibility index (Phi) is 30.7. The second kappa shape index (κ2) is 36.2. The molecule has 2 aromatic rings. The van der Waals surface area contributed by atoms with Gasteiger partial charge in [0.2, 0.25) is 23.6 Å². The molecule has 81 heavy (non-hydrogen) atoms. The molecule has 3 N–H and O–H groups in total. The highest BCUT2D eigenvalue weighted by molar-refractivity contribution is 5.91. The number of hydrogen-bond acceptors (Lipinski definition) is 14. The molecule has 19 heteroatoms. The Hall–Kier alpha value is -4.63. The number of unbranched alkanes of at least 4 members (excludes halogenated alkanes) is 2. The molecule has 0 saturated carbocycles. The minimum Gasteiger partial charge on any atom is -0.379 e. The summed E-state index contributed by atoms with van der Waals surface area (Å²) in [5, 5.41) is 2.43. The van der Waals surface area contributed by atoms with Crippen LogP contribution in [0.1, 0.15) is 144 Å². The van der Waals surface area contributed by atoms with E-state index < -0.39 is 48.1 Å². The van der Waals surface area contributed by atoms with Gasteiger partial charge in [0.1, 0.15) is 11.6 Å². The summed E-state index contributed by atoms with van der Waals surface area (Å²) in [4.78, 5) is 110. The van der Waals surface area contributed by atoms with Gasteiger partial charge in [-0.25, -0.2) is 5.06 Å². The van der Waals surface area contributed by atoms with Gasteiger partial charge in [0.05, 0.1) is 88.9 Å². The van der Waals surface area contributed by atoms with Gasteiger partial charge in [-0.15, -0.1) is 0 Å². The maximum Gasteiger partial charge on any atom is 0.250 e. The number of carbonyl (C=O) groups is 7. The number of methoxy groups -OCH3 is 2. The van der Waals surface area contributed by atoms with Crippen molar-refractivity contribution in [2.24, 2.45) is 41.2 Å². The number of aromatic nitrogens is 1. The van der Waals surface area contributed by atoms with Crippen molar-refractivity contribution in [2.45, 2.75) is 175 Å². The van der Waals surface area contributed by atoms with Gasteiger partial charge in [0.25, 0.3) is 0 Å². The summed E-state index contributed by atoms with van der Waals surface area (Å²) in [6.07, 6.45) is 8.19. The normalized spacial score (nSPS) is 18.0. The van der Waals surface area contributed by atoms with Gasteiger partial charge in [0.15, 0.2) is 5.78 Å². The number of ketones is 3. The van der Waals surface area contributed by atoms with Gasteiger partial charge < -0.3 is 44.2 Å². The Morgan fingerprint density at radius 1 is 0.765 bits per heavy atom. The number of nitrogens with one attached hydrogen (secondary N) is 1. The fourth-order valence-corrected chi connectivity index (χ4v) is 11.9. The van der Waals surface area contributed by atoms with Crippen molar-refractivity contribution in [1.29, 1.82) is 0 Å². The topological polar surface area (TPSA) is 230 Å². The van der Waals surface area contributed by atoms with Crippen molar-refractivity contribution in [3.8, 4) is 0 Å². The summed E-state index contributed by atoms with van der Waals surface area (Å²) in [6.45, 7) is 18.0. The van der Waals surface area contributed by atoms with E-state index in [9.17, 15) is 33.6 Å². The van der Waals surface area contributed by atoms with E-state index in [1.54, 1.807) is 26.2 Å². The number of amides is 4. The number of hydrogen-bond donors (Lipinski definition) is 2. The molecule has 0 bridgehead atoms. The number of likely N-dealkylation sites (N-methyl/N-ethyl adjacent to an activating group) is 2.